The number of anilines is 1. The van der Waals surface area contributed by atoms with Gasteiger partial charge < -0.3 is 24.4 Å². The number of hydrogen-bond acceptors (Lipinski definition) is 5. The van der Waals surface area contributed by atoms with Crippen LogP contribution >= 0.6 is 0 Å². The van der Waals surface area contributed by atoms with Crippen molar-refractivity contribution in [1.82, 2.24) is 4.90 Å². The molecule has 0 aliphatic carbocycles. The first-order chi connectivity index (χ1) is 18.7. The Morgan fingerprint density at radius 1 is 1.23 bits per heavy atom. The number of carbonyl (C=O) groups is 2. The van der Waals surface area contributed by atoms with Gasteiger partial charge in [0.1, 0.15) is 5.75 Å². The molecule has 2 fully saturated rings. The lowest BCUT2D eigenvalue weighted by molar-refractivity contribution is -0.150. The van der Waals surface area contributed by atoms with Gasteiger partial charge in [0.05, 0.1) is 38.0 Å². The molecule has 1 N–H and O–H groups in total. The highest BCUT2D eigenvalue weighted by Gasteiger charge is 2.66. The van der Waals surface area contributed by atoms with Crippen LogP contribution in [0.2, 0.25) is 0 Å². The van der Waals surface area contributed by atoms with Gasteiger partial charge in [0, 0.05) is 30.5 Å². The fraction of sp³-hybridized carbons (Fsp3) is 0.500. The molecule has 2 saturated heterocycles. The number of likely N-dealkylation sites (tertiary alicyclic amines) is 1. The van der Waals surface area contributed by atoms with Crippen LogP contribution in [0, 0.1) is 11.8 Å². The number of carbonyl (C=O) groups excluding carboxylic acids is 2. The van der Waals surface area contributed by atoms with Crippen molar-refractivity contribution in [1.29, 1.82) is 0 Å². The Hall–Kier alpha value is -3.16. The molecule has 7 heteroatoms. The summed E-state index contributed by atoms with van der Waals surface area (Å²) in [6, 6.07) is 15.7. The Morgan fingerprint density at radius 2 is 1.95 bits per heavy atom. The number of methoxy groups -OCH3 is 1. The number of benzene rings is 2. The molecule has 2 aromatic carbocycles. The molecule has 1 spiro atoms. The maximum atomic E-state index is 14.3. The average molecular weight is 533 g/mol. The number of amides is 2. The summed E-state index contributed by atoms with van der Waals surface area (Å²) in [7, 11) is 1.65. The van der Waals surface area contributed by atoms with E-state index in [4.69, 9.17) is 9.47 Å². The third-order valence-corrected chi connectivity index (χ3v) is 9.34. The summed E-state index contributed by atoms with van der Waals surface area (Å²) in [6.45, 7) is 11.3. The summed E-state index contributed by atoms with van der Waals surface area (Å²) in [5.41, 5.74) is 1.16. The lowest BCUT2D eigenvalue weighted by atomic mass is 9.63. The lowest BCUT2D eigenvalue weighted by Gasteiger charge is -2.39. The molecule has 0 bridgehead atoms. The van der Waals surface area contributed by atoms with Crippen LogP contribution in [0.15, 0.2) is 61.2 Å². The summed E-state index contributed by atoms with van der Waals surface area (Å²) in [6.07, 6.45) is 3.08. The highest BCUT2D eigenvalue weighted by molar-refractivity contribution is 6.07. The van der Waals surface area contributed by atoms with Crippen LogP contribution in [0.1, 0.15) is 51.2 Å². The molecular formula is C32H40N2O5. The molecule has 5 rings (SSSR count). The van der Waals surface area contributed by atoms with E-state index in [1.165, 1.54) is 0 Å². The van der Waals surface area contributed by atoms with E-state index in [-0.39, 0.29) is 42.7 Å². The van der Waals surface area contributed by atoms with Crippen molar-refractivity contribution in [3.63, 3.8) is 0 Å². The summed E-state index contributed by atoms with van der Waals surface area (Å²) in [5.74, 6) is 0.278. The quantitative estimate of drug-likeness (QED) is 0.509. The van der Waals surface area contributed by atoms with Crippen molar-refractivity contribution in [3.8, 4) is 5.75 Å². The molecule has 0 aromatic heterocycles. The van der Waals surface area contributed by atoms with Crippen molar-refractivity contribution < 1.29 is 24.2 Å². The van der Waals surface area contributed by atoms with Gasteiger partial charge in [-0.1, -0.05) is 57.2 Å². The maximum Gasteiger partial charge on any atom is 0.264 e. The smallest absolute Gasteiger partial charge is 0.264 e. The molecule has 0 unspecified atom stereocenters. The largest absolute Gasteiger partial charge is 0.497 e. The summed E-state index contributed by atoms with van der Waals surface area (Å²) >= 11 is 0. The van der Waals surface area contributed by atoms with E-state index in [9.17, 15) is 14.7 Å². The Kier molecular flexibility index (Phi) is 7.33. The van der Waals surface area contributed by atoms with Gasteiger partial charge in [-0.15, -0.1) is 6.58 Å². The van der Waals surface area contributed by atoms with E-state index < -0.39 is 17.1 Å². The van der Waals surface area contributed by atoms with Crippen molar-refractivity contribution in [2.45, 2.75) is 63.2 Å². The fourth-order valence-corrected chi connectivity index (χ4v) is 7.42. The number of ether oxygens (including phenoxy) is 2. The van der Waals surface area contributed by atoms with Crippen LogP contribution in [-0.2, 0) is 25.3 Å². The van der Waals surface area contributed by atoms with Crippen LogP contribution in [-0.4, -0.2) is 60.8 Å². The standard InChI is InChI=1S/C32H40N2O5/c1-6-17-34-26-12-8-7-11-25(26)32(30(34)37)21(2)29(31(3,4)22-13-15-24(38-5)16-14-22)27(39-32)19-28(36)33-18-9-10-23(33)20-35/h6-8,11-16,21,23,27,29,35H,1,9-10,17-20H2,2-5H3/t21-,23+,27+,29-,32+/m1/s1. The molecule has 3 heterocycles. The minimum Gasteiger partial charge on any atom is -0.497 e. The van der Waals surface area contributed by atoms with Gasteiger partial charge in [-0.25, -0.2) is 0 Å². The second-order valence-electron chi connectivity index (χ2n) is 11.6. The SMILES string of the molecule is C=CCN1C(=O)[C@@]2(O[C@@H](CC(=O)N3CCC[C@H]3CO)[C@H](C(C)(C)c3ccc(OC)cc3)[C@H]2C)c2ccccc21. The number of nitrogens with zero attached hydrogens (tertiary/aromatic N) is 2. The minimum atomic E-state index is -1.19. The number of rotatable bonds is 8. The monoisotopic (exact) mass is 532 g/mol. The first-order valence-corrected chi connectivity index (χ1v) is 14.0. The van der Waals surface area contributed by atoms with Gasteiger partial charge in [-0.05, 0) is 42.0 Å². The van der Waals surface area contributed by atoms with Crippen LogP contribution in [0.4, 0.5) is 5.69 Å². The third kappa shape index (κ3) is 4.27. The Bertz CT molecular complexity index is 1240. The van der Waals surface area contributed by atoms with E-state index in [1.54, 1.807) is 23.0 Å². The van der Waals surface area contributed by atoms with Crippen molar-refractivity contribution >= 4 is 17.5 Å². The molecule has 2 amide bonds. The van der Waals surface area contributed by atoms with Crippen LogP contribution in [0.25, 0.3) is 0 Å². The second-order valence-corrected chi connectivity index (χ2v) is 11.6. The average Bonchev–Trinajstić information content (AvgIpc) is 3.60. The molecule has 2 aromatic rings. The minimum absolute atomic E-state index is 0.0296. The molecule has 3 aliphatic heterocycles. The molecule has 7 nitrogen and oxygen atoms in total. The number of para-hydroxylation sites is 1. The Labute approximate surface area is 231 Å². The van der Waals surface area contributed by atoms with E-state index >= 15 is 0 Å². The van der Waals surface area contributed by atoms with Crippen molar-refractivity contribution in [2.75, 3.05) is 31.7 Å². The zero-order valence-electron chi connectivity index (χ0n) is 23.4. The van der Waals surface area contributed by atoms with Crippen LogP contribution in [0.5, 0.6) is 5.75 Å². The molecule has 3 aliphatic rings. The summed E-state index contributed by atoms with van der Waals surface area (Å²) < 4.78 is 12.3. The van der Waals surface area contributed by atoms with E-state index in [1.807, 2.05) is 36.4 Å². The summed E-state index contributed by atoms with van der Waals surface area (Å²) in [5, 5.41) is 9.86. The van der Waals surface area contributed by atoms with Crippen molar-refractivity contribution in [3.05, 3.63) is 72.3 Å². The zero-order chi connectivity index (χ0) is 27.9. The predicted molar refractivity (Wildman–Crippen MR) is 151 cm³/mol. The molecule has 39 heavy (non-hydrogen) atoms. The van der Waals surface area contributed by atoms with Crippen LogP contribution in [0.3, 0.4) is 0 Å². The number of fused-ring (bicyclic) bond motifs is 2. The highest BCUT2D eigenvalue weighted by atomic mass is 16.5. The van der Waals surface area contributed by atoms with E-state index in [0.29, 0.717) is 13.1 Å². The molecule has 208 valence electrons. The second kappa shape index (κ2) is 10.4. The molecule has 0 saturated carbocycles. The third-order valence-electron chi connectivity index (χ3n) is 9.34. The number of aliphatic hydroxyl groups is 1. The first-order valence-electron chi connectivity index (χ1n) is 14.0. The normalized spacial score (nSPS) is 28.3. The van der Waals surface area contributed by atoms with Crippen molar-refractivity contribution in [2.24, 2.45) is 11.8 Å². The molecular weight excluding hydrogens is 492 g/mol. The zero-order valence-corrected chi connectivity index (χ0v) is 23.4. The van der Waals surface area contributed by atoms with E-state index in [2.05, 4.69) is 39.5 Å². The number of aliphatic hydroxyl groups excluding tert-OH is 1. The van der Waals surface area contributed by atoms with Gasteiger partial charge in [0.25, 0.3) is 5.91 Å². The topological polar surface area (TPSA) is 79.3 Å². The molecule has 5 atom stereocenters. The van der Waals surface area contributed by atoms with Gasteiger partial charge in [-0.2, -0.15) is 0 Å². The van der Waals surface area contributed by atoms with Gasteiger partial charge in [0.15, 0.2) is 5.60 Å². The van der Waals surface area contributed by atoms with Crippen LogP contribution < -0.4 is 9.64 Å². The number of hydrogen-bond donors (Lipinski definition) is 1. The van der Waals surface area contributed by atoms with E-state index in [0.717, 1.165) is 35.4 Å². The fourth-order valence-electron chi connectivity index (χ4n) is 7.42. The Balaban J connectivity index is 1.59. The van der Waals surface area contributed by atoms with Gasteiger partial charge >= 0.3 is 0 Å². The van der Waals surface area contributed by atoms with Gasteiger partial charge in [-0.3, -0.25) is 9.59 Å². The predicted octanol–water partition coefficient (Wildman–Crippen LogP) is 4.43. The maximum absolute atomic E-state index is 14.3. The molecule has 0 radical (unpaired) electrons. The Morgan fingerprint density at radius 3 is 2.62 bits per heavy atom. The van der Waals surface area contributed by atoms with Gasteiger partial charge in [0.2, 0.25) is 5.91 Å². The highest BCUT2D eigenvalue weighted by Crippen LogP contribution is 2.59. The first kappa shape index (κ1) is 27.4. The summed E-state index contributed by atoms with van der Waals surface area (Å²) in [4.78, 5) is 31.5. The lowest BCUT2D eigenvalue weighted by Crippen LogP contribution is -2.46.